The molecule has 3 atom stereocenters. The van der Waals surface area contributed by atoms with Crippen molar-refractivity contribution in [2.45, 2.75) is 50.8 Å². The van der Waals surface area contributed by atoms with E-state index in [2.05, 4.69) is 20.8 Å². The lowest BCUT2D eigenvalue weighted by Crippen LogP contribution is -2.52. The second-order valence-corrected chi connectivity index (χ2v) is 6.38. The van der Waals surface area contributed by atoms with Gasteiger partial charge >= 0.3 is 12.0 Å². The lowest BCUT2D eigenvalue weighted by atomic mass is 10.1. The fourth-order valence-corrected chi connectivity index (χ4v) is 2.72. The van der Waals surface area contributed by atoms with E-state index < -0.39 is 36.1 Å². The van der Waals surface area contributed by atoms with Crippen LogP contribution in [0.3, 0.4) is 0 Å². The predicted octanol–water partition coefficient (Wildman–Crippen LogP) is -0.890. The smallest absolute Gasteiger partial charge is 0.328 e. The summed E-state index contributed by atoms with van der Waals surface area (Å²) in [5, 5.41) is 26.8. The number of carboxylic acid groups (broad SMARTS) is 1. The molecule has 150 valence electrons. The molecule has 1 aromatic heterocycles. The van der Waals surface area contributed by atoms with Crippen molar-refractivity contribution in [1.82, 2.24) is 20.8 Å². The van der Waals surface area contributed by atoms with Crippen LogP contribution in [0.1, 0.15) is 44.5 Å². The predicted molar refractivity (Wildman–Crippen MR) is 91.7 cm³/mol. The van der Waals surface area contributed by atoms with Crippen molar-refractivity contribution in [3.8, 4) is 0 Å². The summed E-state index contributed by atoms with van der Waals surface area (Å²) < 4.78 is 5.16. The van der Waals surface area contributed by atoms with Gasteiger partial charge in [0.2, 0.25) is 5.91 Å². The third kappa shape index (κ3) is 5.81. The molecule has 0 aromatic carbocycles. The minimum Gasteiger partial charge on any atom is -0.480 e. The Labute approximate surface area is 155 Å². The Hall–Kier alpha value is -2.89. The first-order valence-corrected chi connectivity index (χ1v) is 8.62. The van der Waals surface area contributed by atoms with Crippen LogP contribution in [0.15, 0.2) is 4.52 Å². The number of anilines is 1. The standard InChI is InChI=1S/C15H24N6O6/c1-8(22)11(13(24)25)18-15(26)17-9(7-10(16)23)12-19-14(20-27-12)21-5-3-2-4-6-21/h8-9,11,22H,2-7H2,1H3,(H2,16,23)(H,24,25)(H2,17,18,26)/t8?,9-,11-/m0/s1. The van der Waals surface area contributed by atoms with Crippen LogP contribution in [0.5, 0.6) is 0 Å². The molecule has 27 heavy (non-hydrogen) atoms. The highest BCUT2D eigenvalue weighted by Gasteiger charge is 2.29. The minimum atomic E-state index is -1.52. The van der Waals surface area contributed by atoms with Gasteiger partial charge in [-0.25, -0.2) is 9.59 Å². The molecular weight excluding hydrogens is 360 g/mol. The third-order valence-electron chi connectivity index (χ3n) is 4.11. The highest BCUT2D eigenvalue weighted by Crippen LogP contribution is 2.21. The second-order valence-electron chi connectivity index (χ2n) is 6.38. The molecule has 6 N–H and O–H groups in total. The van der Waals surface area contributed by atoms with Gasteiger partial charge in [-0.15, -0.1) is 0 Å². The third-order valence-corrected chi connectivity index (χ3v) is 4.11. The van der Waals surface area contributed by atoms with Gasteiger partial charge in [0.05, 0.1) is 12.5 Å². The number of aromatic nitrogens is 2. The number of nitrogens with two attached hydrogens (primary N) is 1. The summed E-state index contributed by atoms with van der Waals surface area (Å²) in [6, 6.07) is -3.48. The monoisotopic (exact) mass is 384 g/mol. The van der Waals surface area contributed by atoms with E-state index in [1.54, 1.807) is 0 Å². The van der Waals surface area contributed by atoms with E-state index in [0.29, 0.717) is 5.95 Å². The number of rotatable bonds is 8. The quantitative estimate of drug-likeness (QED) is 0.379. The molecule has 0 bridgehead atoms. The normalized spacial score (nSPS) is 17.6. The van der Waals surface area contributed by atoms with Crippen LogP contribution in [0.25, 0.3) is 0 Å². The SMILES string of the molecule is CC(O)[C@H](NC(=O)N[C@@H](CC(N)=O)c1nc(N2CCCCC2)no1)C(=O)O. The highest BCUT2D eigenvalue weighted by molar-refractivity contribution is 5.83. The van der Waals surface area contributed by atoms with E-state index >= 15 is 0 Å². The Balaban J connectivity index is 2.08. The van der Waals surface area contributed by atoms with Gasteiger partial charge in [-0.1, -0.05) is 0 Å². The van der Waals surface area contributed by atoms with Gasteiger partial charge in [-0.3, -0.25) is 4.79 Å². The van der Waals surface area contributed by atoms with Gasteiger partial charge in [0.1, 0.15) is 6.04 Å². The summed E-state index contributed by atoms with van der Waals surface area (Å²) >= 11 is 0. The van der Waals surface area contributed by atoms with E-state index in [9.17, 15) is 19.5 Å². The number of piperidine rings is 1. The zero-order valence-electron chi connectivity index (χ0n) is 14.9. The van der Waals surface area contributed by atoms with Gasteiger partial charge in [0.15, 0.2) is 6.04 Å². The number of nitrogens with zero attached hydrogens (tertiary/aromatic N) is 3. The number of amides is 3. The molecule has 12 heteroatoms. The molecule has 0 radical (unpaired) electrons. The Morgan fingerprint density at radius 1 is 1.26 bits per heavy atom. The topological polar surface area (TPSA) is 184 Å². The van der Waals surface area contributed by atoms with Crippen molar-refractivity contribution < 1.29 is 29.1 Å². The van der Waals surface area contributed by atoms with Crippen LogP contribution in [-0.4, -0.2) is 63.5 Å². The van der Waals surface area contributed by atoms with Crippen molar-refractivity contribution in [1.29, 1.82) is 0 Å². The molecular formula is C15H24N6O6. The molecule has 2 rings (SSSR count). The number of urea groups is 1. The summed E-state index contributed by atoms with van der Waals surface area (Å²) in [5.41, 5.74) is 5.21. The number of carbonyl (C=O) groups excluding carboxylic acids is 2. The van der Waals surface area contributed by atoms with Gasteiger partial charge in [0, 0.05) is 13.1 Å². The number of carboxylic acids is 1. The molecule has 1 fully saturated rings. The van der Waals surface area contributed by atoms with Crippen molar-refractivity contribution in [3.63, 3.8) is 0 Å². The first-order valence-electron chi connectivity index (χ1n) is 8.62. The number of aliphatic carboxylic acids is 1. The number of aliphatic hydroxyl groups is 1. The van der Waals surface area contributed by atoms with Crippen molar-refractivity contribution in [2.24, 2.45) is 5.73 Å². The van der Waals surface area contributed by atoms with Gasteiger partial charge in [0.25, 0.3) is 11.8 Å². The number of primary amides is 1. The van der Waals surface area contributed by atoms with E-state index in [1.165, 1.54) is 6.92 Å². The second kappa shape index (κ2) is 9.16. The molecule has 0 saturated carbocycles. The maximum atomic E-state index is 12.1. The Morgan fingerprint density at radius 2 is 1.93 bits per heavy atom. The lowest BCUT2D eigenvalue weighted by molar-refractivity contribution is -0.141. The molecule has 1 unspecified atom stereocenters. The molecule has 12 nitrogen and oxygen atoms in total. The van der Waals surface area contributed by atoms with Crippen molar-refractivity contribution in [2.75, 3.05) is 18.0 Å². The molecule has 1 aliphatic rings. The van der Waals surface area contributed by atoms with Crippen LogP contribution < -0.4 is 21.3 Å². The average molecular weight is 384 g/mol. The number of nitrogens with one attached hydrogen (secondary N) is 2. The van der Waals surface area contributed by atoms with Crippen LogP contribution >= 0.6 is 0 Å². The largest absolute Gasteiger partial charge is 0.480 e. The van der Waals surface area contributed by atoms with Gasteiger partial charge < -0.3 is 36.0 Å². The Kier molecular flexibility index (Phi) is 6.93. The van der Waals surface area contributed by atoms with Crippen LogP contribution in [0.4, 0.5) is 10.7 Å². The Morgan fingerprint density at radius 3 is 2.48 bits per heavy atom. The maximum Gasteiger partial charge on any atom is 0.328 e. The molecule has 1 aromatic rings. The van der Waals surface area contributed by atoms with Gasteiger partial charge in [-0.2, -0.15) is 4.98 Å². The molecule has 0 spiro atoms. The minimum absolute atomic E-state index is 0.0200. The average Bonchev–Trinajstić information content (AvgIpc) is 3.09. The van der Waals surface area contributed by atoms with Crippen molar-refractivity contribution in [3.05, 3.63) is 5.89 Å². The summed E-state index contributed by atoms with van der Waals surface area (Å²) in [6.07, 6.45) is 1.50. The maximum absolute atomic E-state index is 12.1. The number of hydrogen-bond acceptors (Lipinski definition) is 8. The molecule has 1 saturated heterocycles. The summed E-state index contributed by atoms with van der Waals surface area (Å²) in [4.78, 5) is 40.6. The molecule has 0 aliphatic carbocycles. The molecule has 1 aliphatic heterocycles. The van der Waals surface area contributed by atoms with Gasteiger partial charge in [-0.05, 0) is 31.3 Å². The van der Waals surface area contributed by atoms with E-state index in [-0.39, 0.29) is 12.3 Å². The summed E-state index contributed by atoms with van der Waals surface area (Å²) in [6.45, 7) is 2.78. The number of hydrogen-bond donors (Lipinski definition) is 5. The van der Waals surface area contributed by atoms with Crippen LogP contribution in [-0.2, 0) is 9.59 Å². The highest BCUT2D eigenvalue weighted by atomic mass is 16.5. The van der Waals surface area contributed by atoms with Crippen LogP contribution in [0, 0.1) is 0 Å². The first kappa shape index (κ1) is 20.4. The zero-order valence-corrected chi connectivity index (χ0v) is 14.9. The summed E-state index contributed by atoms with van der Waals surface area (Å²) in [7, 11) is 0. The van der Waals surface area contributed by atoms with E-state index in [0.717, 1.165) is 32.4 Å². The van der Waals surface area contributed by atoms with E-state index in [4.69, 9.17) is 15.4 Å². The number of carbonyl (C=O) groups is 3. The molecule has 3 amide bonds. The molecule has 2 heterocycles. The van der Waals surface area contributed by atoms with Crippen molar-refractivity contribution >= 4 is 23.9 Å². The Bertz CT molecular complexity index is 672. The fourth-order valence-electron chi connectivity index (χ4n) is 2.72. The van der Waals surface area contributed by atoms with E-state index in [1.807, 2.05) is 4.90 Å². The fraction of sp³-hybridized carbons (Fsp3) is 0.667. The summed E-state index contributed by atoms with van der Waals surface area (Å²) in [5.74, 6) is -1.79. The first-order chi connectivity index (χ1) is 12.8. The van der Waals surface area contributed by atoms with Crippen LogP contribution in [0.2, 0.25) is 0 Å². The zero-order chi connectivity index (χ0) is 20.0. The number of aliphatic hydroxyl groups excluding tert-OH is 1. The lowest BCUT2D eigenvalue weighted by Gasteiger charge is -2.24.